The zero-order valence-electron chi connectivity index (χ0n) is 13.5. The van der Waals surface area contributed by atoms with Gasteiger partial charge in [0.1, 0.15) is 5.52 Å². The molecule has 0 saturated carbocycles. The van der Waals surface area contributed by atoms with E-state index in [2.05, 4.69) is 15.3 Å². The van der Waals surface area contributed by atoms with Crippen LogP contribution in [0.4, 0.5) is 0 Å². The maximum atomic E-state index is 5.92. The Labute approximate surface area is 139 Å². The third kappa shape index (κ3) is 2.98. The second-order valence-electron chi connectivity index (χ2n) is 5.63. The number of hydrogen-bond acceptors (Lipinski definition) is 6. The maximum absolute atomic E-state index is 5.92. The summed E-state index contributed by atoms with van der Waals surface area (Å²) in [7, 11) is 0. The second kappa shape index (κ2) is 6.59. The van der Waals surface area contributed by atoms with E-state index in [0.717, 1.165) is 41.9 Å². The van der Waals surface area contributed by atoms with Gasteiger partial charge in [-0.1, -0.05) is 6.07 Å². The van der Waals surface area contributed by atoms with E-state index in [4.69, 9.17) is 13.9 Å². The molecule has 1 aliphatic rings. The van der Waals surface area contributed by atoms with Gasteiger partial charge in [-0.2, -0.15) is 0 Å². The Morgan fingerprint density at radius 2 is 2.25 bits per heavy atom. The number of aromatic nitrogens is 2. The molecule has 0 amide bonds. The topological polar surface area (TPSA) is 69.4 Å². The van der Waals surface area contributed by atoms with Gasteiger partial charge in [0, 0.05) is 25.4 Å². The fraction of sp³-hybridized carbons (Fsp3) is 0.333. The normalized spacial score (nSPS) is 18.0. The van der Waals surface area contributed by atoms with Crippen molar-refractivity contribution in [2.45, 2.75) is 13.0 Å². The van der Waals surface area contributed by atoms with E-state index < -0.39 is 0 Å². The van der Waals surface area contributed by atoms with Gasteiger partial charge in [0.25, 0.3) is 0 Å². The fourth-order valence-corrected chi connectivity index (χ4v) is 2.78. The molecule has 2 aromatic heterocycles. The zero-order chi connectivity index (χ0) is 16.4. The van der Waals surface area contributed by atoms with Crippen LogP contribution in [0.25, 0.3) is 22.6 Å². The lowest BCUT2D eigenvalue weighted by atomic mass is 10.1. The molecule has 1 saturated heterocycles. The third-order valence-corrected chi connectivity index (χ3v) is 3.99. The van der Waals surface area contributed by atoms with Crippen LogP contribution in [0.2, 0.25) is 0 Å². The van der Waals surface area contributed by atoms with Gasteiger partial charge in [-0.3, -0.25) is 0 Å². The minimum atomic E-state index is 0.0591. The fourth-order valence-electron chi connectivity index (χ4n) is 2.78. The molecule has 3 heterocycles. The quantitative estimate of drug-likeness (QED) is 0.795. The highest BCUT2D eigenvalue weighted by Crippen LogP contribution is 2.28. The number of oxazole rings is 1. The van der Waals surface area contributed by atoms with Gasteiger partial charge in [-0.15, -0.1) is 0 Å². The number of hydrogen-bond donors (Lipinski definition) is 1. The molecule has 1 fully saturated rings. The summed E-state index contributed by atoms with van der Waals surface area (Å²) in [6.45, 7) is 4.96. The minimum Gasteiger partial charge on any atom is -0.478 e. The van der Waals surface area contributed by atoms with E-state index in [1.807, 2.05) is 37.3 Å². The van der Waals surface area contributed by atoms with E-state index >= 15 is 0 Å². The smallest absolute Gasteiger partial charge is 0.228 e. The van der Waals surface area contributed by atoms with Crippen LogP contribution in [0.15, 0.2) is 40.9 Å². The van der Waals surface area contributed by atoms with Gasteiger partial charge in [-0.25, -0.2) is 9.97 Å². The van der Waals surface area contributed by atoms with Crippen molar-refractivity contribution in [1.82, 2.24) is 15.3 Å². The lowest BCUT2D eigenvalue weighted by molar-refractivity contribution is 0.0277. The van der Waals surface area contributed by atoms with Crippen LogP contribution >= 0.6 is 0 Å². The number of benzene rings is 1. The minimum absolute atomic E-state index is 0.0591. The first kappa shape index (κ1) is 15.1. The Morgan fingerprint density at radius 3 is 3.00 bits per heavy atom. The van der Waals surface area contributed by atoms with Gasteiger partial charge in [0.2, 0.25) is 11.8 Å². The Morgan fingerprint density at radius 1 is 1.29 bits per heavy atom. The number of fused-ring (bicyclic) bond motifs is 1. The number of rotatable bonds is 4. The summed E-state index contributed by atoms with van der Waals surface area (Å²) in [6, 6.07) is 9.74. The molecule has 1 N–H and O–H groups in total. The molecule has 3 aromatic rings. The first-order valence-corrected chi connectivity index (χ1v) is 8.15. The molecule has 6 heteroatoms. The molecule has 24 heavy (non-hydrogen) atoms. The molecule has 1 atom stereocenters. The summed E-state index contributed by atoms with van der Waals surface area (Å²) in [5.41, 5.74) is 3.51. The highest BCUT2D eigenvalue weighted by molar-refractivity contribution is 5.77. The summed E-state index contributed by atoms with van der Waals surface area (Å²) in [4.78, 5) is 8.80. The van der Waals surface area contributed by atoms with Crippen LogP contribution in [-0.4, -0.2) is 36.3 Å². The summed E-state index contributed by atoms with van der Waals surface area (Å²) in [5.74, 6) is 1.15. The Hall–Kier alpha value is -2.44. The predicted octanol–water partition coefficient (Wildman–Crippen LogP) is 2.95. The lowest BCUT2D eigenvalue weighted by Crippen LogP contribution is -2.33. The van der Waals surface area contributed by atoms with E-state index in [9.17, 15) is 0 Å². The van der Waals surface area contributed by atoms with Crippen molar-refractivity contribution in [3.8, 4) is 17.3 Å². The molecule has 124 valence electrons. The van der Waals surface area contributed by atoms with Crippen molar-refractivity contribution in [2.75, 3.05) is 26.3 Å². The molecule has 4 rings (SSSR count). The number of ether oxygens (including phenoxy) is 2. The van der Waals surface area contributed by atoms with Crippen molar-refractivity contribution in [2.24, 2.45) is 0 Å². The largest absolute Gasteiger partial charge is 0.478 e. The van der Waals surface area contributed by atoms with Crippen molar-refractivity contribution < 1.29 is 13.9 Å². The summed E-state index contributed by atoms with van der Waals surface area (Å²) in [5, 5.41) is 3.34. The molecule has 0 spiro atoms. The van der Waals surface area contributed by atoms with Crippen LogP contribution < -0.4 is 10.1 Å². The summed E-state index contributed by atoms with van der Waals surface area (Å²) >= 11 is 0. The highest BCUT2D eigenvalue weighted by atomic mass is 16.5. The summed E-state index contributed by atoms with van der Waals surface area (Å²) in [6.07, 6.45) is 1.77. The van der Waals surface area contributed by atoms with Crippen molar-refractivity contribution in [3.05, 3.63) is 42.1 Å². The molecule has 0 radical (unpaired) electrons. The van der Waals surface area contributed by atoms with Crippen LogP contribution in [0, 0.1) is 0 Å². The highest BCUT2D eigenvalue weighted by Gasteiger charge is 2.17. The van der Waals surface area contributed by atoms with Gasteiger partial charge in [0.05, 0.1) is 24.9 Å². The second-order valence-corrected chi connectivity index (χ2v) is 5.63. The van der Waals surface area contributed by atoms with Crippen LogP contribution in [0.5, 0.6) is 5.88 Å². The van der Waals surface area contributed by atoms with Gasteiger partial charge in [-0.05, 0) is 30.7 Å². The van der Waals surface area contributed by atoms with Crippen LogP contribution in [0.1, 0.15) is 18.6 Å². The molecule has 1 unspecified atom stereocenters. The first-order valence-electron chi connectivity index (χ1n) is 8.15. The van der Waals surface area contributed by atoms with Crippen molar-refractivity contribution >= 4 is 11.1 Å². The third-order valence-electron chi connectivity index (χ3n) is 3.99. The number of nitrogens with zero attached hydrogens (tertiary/aromatic N) is 2. The average molecular weight is 325 g/mol. The molecular formula is C18H19N3O3. The Balaban J connectivity index is 1.62. The van der Waals surface area contributed by atoms with E-state index in [0.29, 0.717) is 18.4 Å². The summed E-state index contributed by atoms with van der Waals surface area (Å²) < 4.78 is 17.1. The van der Waals surface area contributed by atoms with Gasteiger partial charge in [0.15, 0.2) is 5.58 Å². The maximum Gasteiger partial charge on any atom is 0.228 e. The molecular weight excluding hydrogens is 306 g/mol. The molecule has 1 aromatic carbocycles. The Kier molecular flexibility index (Phi) is 4.15. The lowest BCUT2D eigenvalue weighted by Gasteiger charge is -2.23. The number of pyridine rings is 1. The van der Waals surface area contributed by atoms with E-state index in [-0.39, 0.29) is 6.10 Å². The zero-order valence-corrected chi connectivity index (χ0v) is 13.5. The Bertz CT molecular complexity index is 823. The standard InChI is InChI=1S/C18H19N3O3/c1-2-22-17-6-4-13(10-20-17)18-21-14-5-3-12(9-15(14)24-18)16-11-19-7-8-23-16/h3-6,9-10,16,19H,2,7-8,11H2,1H3. The SMILES string of the molecule is CCOc1ccc(-c2nc3ccc(C4CNCCO4)cc3o2)cn1. The van der Waals surface area contributed by atoms with E-state index in [1.165, 1.54) is 0 Å². The van der Waals surface area contributed by atoms with E-state index in [1.54, 1.807) is 6.20 Å². The van der Waals surface area contributed by atoms with Gasteiger partial charge < -0.3 is 19.2 Å². The van der Waals surface area contributed by atoms with Crippen molar-refractivity contribution in [1.29, 1.82) is 0 Å². The molecule has 1 aliphatic heterocycles. The van der Waals surface area contributed by atoms with Gasteiger partial charge >= 0.3 is 0 Å². The number of nitrogens with one attached hydrogen (secondary N) is 1. The predicted molar refractivity (Wildman–Crippen MR) is 90.0 cm³/mol. The van der Waals surface area contributed by atoms with Crippen LogP contribution in [0.3, 0.4) is 0 Å². The molecule has 6 nitrogen and oxygen atoms in total. The number of morpholine rings is 1. The average Bonchev–Trinajstić information content (AvgIpc) is 3.06. The van der Waals surface area contributed by atoms with Crippen molar-refractivity contribution in [3.63, 3.8) is 0 Å². The monoisotopic (exact) mass is 325 g/mol. The molecule has 0 bridgehead atoms. The first-order chi connectivity index (χ1) is 11.8. The molecule has 0 aliphatic carbocycles. The van der Waals surface area contributed by atoms with Crippen LogP contribution in [-0.2, 0) is 4.74 Å².